The third-order valence-corrected chi connectivity index (χ3v) is 17.7. The van der Waals surface area contributed by atoms with E-state index >= 15 is 0 Å². The summed E-state index contributed by atoms with van der Waals surface area (Å²) >= 11 is 0. The van der Waals surface area contributed by atoms with E-state index in [-0.39, 0.29) is 31.4 Å². The molecule has 0 aromatic heterocycles. The molecule has 4 N–H and O–H groups in total. The van der Waals surface area contributed by atoms with Crippen molar-refractivity contribution in [2.24, 2.45) is 0 Å². The second-order valence-corrected chi connectivity index (χ2v) is 19.6. The van der Waals surface area contributed by atoms with Crippen molar-refractivity contribution in [1.82, 2.24) is 0 Å². The van der Waals surface area contributed by atoms with E-state index in [9.17, 15) is 0 Å². The molecule has 55 heavy (non-hydrogen) atoms. The molecule has 11 rings (SSSR count). The van der Waals surface area contributed by atoms with Gasteiger partial charge in [-0.25, -0.2) is 0 Å². The molecule has 2 aliphatic heterocycles. The minimum atomic E-state index is -1.01. The van der Waals surface area contributed by atoms with Gasteiger partial charge in [-0.2, -0.15) is 0 Å². The zero-order valence-electron chi connectivity index (χ0n) is 30.3. The van der Waals surface area contributed by atoms with Gasteiger partial charge in [0.2, 0.25) is 0 Å². The second kappa shape index (κ2) is 15.2. The monoisotopic (exact) mass is 842 g/mol. The van der Waals surface area contributed by atoms with Crippen LogP contribution in [-0.2, 0) is 45.1 Å². The normalized spacial score (nSPS) is 13.7. The molecule has 0 spiro atoms. The van der Waals surface area contributed by atoms with Crippen molar-refractivity contribution in [2.75, 3.05) is 0 Å². The van der Waals surface area contributed by atoms with Crippen LogP contribution >= 0.6 is 15.8 Å². The molecule has 0 unspecified atom stereocenters. The summed E-state index contributed by atoms with van der Waals surface area (Å²) in [5.41, 5.74) is 11.9. The molecule has 0 atom stereocenters. The summed E-state index contributed by atoms with van der Waals surface area (Å²) in [6, 6.07) is 65.2. The average Bonchev–Trinajstić information content (AvgIpc) is 3.49. The summed E-state index contributed by atoms with van der Waals surface area (Å²) in [5.74, 6) is 0. The summed E-state index contributed by atoms with van der Waals surface area (Å²) in [7, 11) is -2.01. The van der Waals surface area contributed by atoms with E-state index in [4.69, 9.17) is 0 Å². The molecule has 2 aliphatic rings. The Hall–Kier alpha value is -4.54. The molecule has 9 aromatic rings. The van der Waals surface area contributed by atoms with Crippen molar-refractivity contribution in [3.63, 3.8) is 0 Å². The Balaban J connectivity index is 0.00000142. The van der Waals surface area contributed by atoms with Gasteiger partial charge in [-0.05, 0) is 99.7 Å². The minimum Gasteiger partial charge on any atom is -0.412 e. The van der Waals surface area contributed by atoms with Gasteiger partial charge in [0.25, 0.3) is 0 Å². The van der Waals surface area contributed by atoms with E-state index in [2.05, 4.69) is 170 Å². The van der Waals surface area contributed by atoms with E-state index in [1.165, 1.54) is 87.6 Å². The van der Waals surface area contributed by atoms with Crippen molar-refractivity contribution in [2.45, 2.75) is 24.6 Å². The third kappa shape index (κ3) is 6.16. The molecule has 272 valence electrons. The van der Waals surface area contributed by atoms with E-state index in [1.54, 1.807) is 10.6 Å². The number of benzene rings is 9. The molecule has 0 aliphatic carbocycles. The summed E-state index contributed by atoms with van der Waals surface area (Å²) < 4.78 is 0. The molecule has 0 saturated carbocycles. The second-order valence-electron chi connectivity index (χ2n) is 14.7. The first-order chi connectivity index (χ1) is 25.8. The fourth-order valence-electron chi connectivity index (χ4n) is 9.56. The Labute approximate surface area is 338 Å². The number of fused-ring (bicyclic) bond motifs is 14. The van der Waals surface area contributed by atoms with Crippen LogP contribution in [-0.4, -0.2) is 11.0 Å². The van der Waals surface area contributed by atoms with Gasteiger partial charge >= 0.3 is 0 Å². The fourth-order valence-corrected chi connectivity index (χ4v) is 16.2. The molecule has 0 radical (unpaired) electrons. The maximum absolute atomic E-state index is 2.53. The maximum atomic E-state index is 2.53. The fraction of sp³-hybridized carbons (Fsp3) is 0.0800. The predicted octanol–water partition coefficient (Wildman–Crippen LogP) is 11.1. The van der Waals surface area contributed by atoms with Gasteiger partial charge in [0.05, 0.1) is 24.6 Å². The van der Waals surface area contributed by atoms with Crippen molar-refractivity contribution >= 4 is 69.5 Å². The first kappa shape index (κ1) is 37.4. The van der Waals surface area contributed by atoms with Gasteiger partial charge < -0.3 is 11.0 Å². The van der Waals surface area contributed by atoms with Crippen LogP contribution in [0.15, 0.2) is 170 Å². The summed E-state index contributed by atoms with van der Waals surface area (Å²) in [4.78, 5) is 0. The molecule has 0 bridgehead atoms. The number of hydrogen-bond acceptors (Lipinski definition) is 0. The summed E-state index contributed by atoms with van der Waals surface area (Å²) in [6.45, 7) is 0. The van der Waals surface area contributed by atoms with Crippen molar-refractivity contribution in [1.29, 1.82) is 0 Å². The van der Waals surface area contributed by atoms with Crippen LogP contribution in [0.4, 0.5) is 0 Å². The van der Waals surface area contributed by atoms with E-state index in [0.29, 0.717) is 0 Å². The maximum Gasteiger partial charge on any atom is 0.134 e. The van der Waals surface area contributed by atoms with E-state index in [0.717, 1.165) is 24.6 Å². The Kier molecular flexibility index (Phi) is 10.3. The van der Waals surface area contributed by atoms with E-state index < -0.39 is 15.8 Å². The van der Waals surface area contributed by atoms with Crippen LogP contribution in [0.5, 0.6) is 0 Å². The van der Waals surface area contributed by atoms with Crippen molar-refractivity contribution in [3.05, 3.63) is 192 Å². The Bertz CT molecular complexity index is 2530. The topological polar surface area (TPSA) is 63.0 Å². The van der Waals surface area contributed by atoms with Crippen LogP contribution in [0.1, 0.15) is 22.3 Å². The van der Waals surface area contributed by atoms with Gasteiger partial charge in [0, 0.05) is 36.3 Å². The Morgan fingerprint density at radius 3 is 0.782 bits per heavy atom. The quantitative estimate of drug-likeness (QED) is 0.123. The standard InChI is InChI=1S/C50H36P2.2H2O.Pd/c1-5-15-41-33(11-1)21-25-37-29-51(30-38-26-22-34-12-2-6-16-42(34)48(38)47(37)41)45-19-9-10-20-46(45)52-31-39-27-23-35-13-3-7-17-43(35)49(39)50-40(32-52)28-24-36-14-4-8-18-44(36)50;;;/h1-28H,29-32H2;2*1H2;/p+2. The van der Waals surface area contributed by atoms with Crippen LogP contribution in [0.25, 0.3) is 65.3 Å². The Morgan fingerprint density at radius 1 is 0.273 bits per heavy atom. The summed E-state index contributed by atoms with van der Waals surface area (Å²) in [6.07, 6.45) is 4.57. The summed E-state index contributed by atoms with van der Waals surface area (Å²) in [5, 5.41) is 14.2. The molecule has 2 heterocycles. The SMILES string of the molecule is O.O.[Pd].c1ccc([PH+]2Cc3ccc4ccccc4c3-c3c(ccc4ccccc34)C2)c([PH+]2Cc3ccc4ccccc4c3-c3c(ccc4ccccc34)C2)c1. The van der Waals surface area contributed by atoms with Gasteiger partial charge in [-0.1, -0.05) is 158 Å². The van der Waals surface area contributed by atoms with E-state index in [1.807, 2.05) is 0 Å². The third-order valence-electron chi connectivity index (χ3n) is 11.9. The van der Waals surface area contributed by atoms with Crippen molar-refractivity contribution < 1.29 is 31.4 Å². The number of rotatable bonds is 2. The molecule has 5 heteroatoms. The van der Waals surface area contributed by atoms with Crippen LogP contribution in [0, 0.1) is 0 Å². The van der Waals surface area contributed by atoms with Gasteiger partial charge in [-0.3, -0.25) is 0 Å². The van der Waals surface area contributed by atoms with Crippen molar-refractivity contribution in [3.8, 4) is 22.3 Å². The zero-order chi connectivity index (χ0) is 34.2. The van der Waals surface area contributed by atoms with Crippen LogP contribution in [0.3, 0.4) is 0 Å². The first-order valence-corrected chi connectivity index (χ1v) is 22.4. The molecular formula is C50H42O2P2Pd+2. The molecule has 2 nitrogen and oxygen atoms in total. The number of hydrogen-bond donors (Lipinski definition) is 0. The largest absolute Gasteiger partial charge is 0.412 e. The first-order valence-electron chi connectivity index (χ1n) is 18.6. The molecule has 0 fully saturated rings. The average molecular weight is 843 g/mol. The minimum absolute atomic E-state index is 0. The molecule has 9 aromatic carbocycles. The Morgan fingerprint density at radius 2 is 0.509 bits per heavy atom. The van der Waals surface area contributed by atoms with Gasteiger partial charge in [-0.15, -0.1) is 0 Å². The molecular weight excluding hydrogens is 801 g/mol. The van der Waals surface area contributed by atoms with Crippen LogP contribution < -0.4 is 10.6 Å². The van der Waals surface area contributed by atoms with Crippen LogP contribution in [0.2, 0.25) is 0 Å². The molecule has 0 saturated heterocycles. The smallest absolute Gasteiger partial charge is 0.134 e. The zero-order valence-corrected chi connectivity index (χ0v) is 33.9. The predicted molar refractivity (Wildman–Crippen MR) is 238 cm³/mol. The van der Waals surface area contributed by atoms with Gasteiger partial charge in [0.15, 0.2) is 0 Å². The molecule has 0 amide bonds. The van der Waals surface area contributed by atoms with Gasteiger partial charge in [0.1, 0.15) is 10.6 Å².